The van der Waals surface area contributed by atoms with E-state index in [1.54, 1.807) is 35.4 Å². The van der Waals surface area contributed by atoms with Crippen molar-refractivity contribution in [1.29, 1.82) is 0 Å². The van der Waals surface area contributed by atoms with Gasteiger partial charge in [0.2, 0.25) is 0 Å². The minimum Gasteiger partial charge on any atom is -0.352 e. The Balaban J connectivity index is 1.57. The van der Waals surface area contributed by atoms with Gasteiger partial charge in [-0.3, -0.25) is 0 Å². The summed E-state index contributed by atoms with van der Waals surface area (Å²) in [5, 5.41) is 4.15. The summed E-state index contributed by atoms with van der Waals surface area (Å²) in [7, 11) is 0. The van der Waals surface area contributed by atoms with Gasteiger partial charge in [-0.25, -0.2) is 9.78 Å². The second-order valence-electron chi connectivity index (χ2n) is 5.22. The van der Waals surface area contributed by atoms with Crippen molar-refractivity contribution >= 4 is 40.7 Å². The first-order valence-corrected chi connectivity index (χ1v) is 8.06. The van der Waals surface area contributed by atoms with Crippen LogP contribution in [-0.4, -0.2) is 42.1 Å². The van der Waals surface area contributed by atoms with Crippen LogP contribution in [0, 0.1) is 0 Å². The van der Waals surface area contributed by atoms with Crippen LogP contribution in [0.15, 0.2) is 42.6 Å². The molecule has 1 aromatic carbocycles. The van der Waals surface area contributed by atoms with Crippen molar-refractivity contribution in [2.45, 2.75) is 0 Å². The first kappa shape index (κ1) is 15.9. The average Bonchev–Trinajstić information content (AvgIpc) is 2.57. The third-order valence-electron chi connectivity index (χ3n) is 3.70. The second-order valence-corrected chi connectivity index (χ2v) is 6.06. The fourth-order valence-electron chi connectivity index (χ4n) is 2.47. The van der Waals surface area contributed by atoms with E-state index in [0.717, 1.165) is 11.5 Å². The molecule has 0 saturated carbocycles. The number of hydrogen-bond acceptors (Lipinski definition) is 3. The van der Waals surface area contributed by atoms with Gasteiger partial charge in [-0.05, 0) is 36.4 Å². The highest BCUT2D eigenvalue weighted by Gasteiger charge is 2.23. The number of rotatable bonds is 2. The molecular formula is C16H16Cl2N4O. The Morgan fingerprint density at radius 3 is 2.39 bits per heavy atom. The van der Waals surface area contributed by atoms with E-state index < -0.39 is 0 Å². The van der Waals surface area contributed by atoms with Gasteiger partial charge in [-0.1, -0.05) is 23.2 Å². The van der Waals surface area contributed by atoms with Crippen LogP contribution < -0.4 is 10.2 Å². The molecule has 1 N–H and O–H groups in total. The van der Waals surface area contributed by atoms with Gasteiger partial charge in [0.15, 0.2) is 0 Å². The molecule has 0 radical (unpaired) electrons. The third kappa shape index (κ3) is 3.86. The van der Waals surface area contributed by atoms with Gasteiger partial charge < -0.3 is 15.1 Å². The lowest BCUT2D eigenvalue weighted by Crippen LogP contribution is -2.50. The number of pyridine rings is 1. The van der Waals surface area contributed by atoms with Crippen LogP contribution in [0.3, 0.4) is 0 Å². The highest BCUT2D eigenvalue weighted by Crippen LogP contribution is 2.23. The second kappa shape index (κ2) is 7.06. The molecule has 2 heterocycles. The van der Waals surface area contributed by atoms with E-state index in [4.69, 9.17) is 23.2 Å². The van der Waals surface area contributed by atoms with Crippen molar-refractivity contribution in [1.82, 2.24) is 9.88 Å². The molecule has 2 amide bonds. The lowest BCUT2D eigenvalue weighted by atomic mass is 10.3. The lowest BCUT2D eigenvalue weighted by Gasteiger charge is -2.35. The van der Waals surface area contributed by atoms with E-state index in [1.165, 1.54) is 0 Å². The molecule has 1 saturated heterocycles. The van der Waals surface area contributed by atoms with Crippen LogP contribution >= 0.6 is 23.2 Å². The van der Waals surface area contributed by atoms with Gasteiger partial charge >= 0.3 is 6.03 Å². The summed E-state index contributed by atoms with van der Waals surface area (Å²) in [6, 6.07) is 10.6. The molecule has 0 spiro atoms. The van der Waals surface area contributed by atoms with Crippen LogP contribution in [0.5, 0.6) is 0 Å². The number of carbonyl (C=O) groups is 1. The normalized spacial score (nSPS) is 14.7. The van der Waals surface area contributed by atoms with E-state index in [1.807, 2.05) is 12.1 Å². The molecule has 2 aromatic rings. The Kier molecular flexibility index (Phi) is 4.88. The topological polar surface area (TPSA) is 48.5 Å². The van der Waals surface area contributed by atoms with Crippen molar-refractivity contribution in [3.8, 4) is 0 Å². The van der Waals surface area contributed by atoms with Crippen molar-refractivity contribution in [2.75, 3.05) is 36.4 Å². The number of nitrogens with zero attached hydrogens (tertiary/aromatic N) is 3. The Labute approximate surface area is 144 Å². The van der Waals surface area contributed by atoms with Gasteiger partial charge in [-0.2, -0.15) is 0 Å². The largest absolute Gasteiger partial charge is 0.352 e. The molecule has 0 atom stereocenters. The maximum absolute atomic E-state index is 12.3. The summed E-state index contributed by atoms with van der Waals surface area (Å²) in [4.78, 5) is 20.5. The highest BCUT2D eigenvalue weighted by atomic mass is 35.5. The molecule has 5 nitrogen and oxygen atoms in total. The summed E-state index contributed by atoms with van der Waals surface area (Å²) in [5.41, 5.74) is 0.731. The zero-order chi connectivity index (χ0) is 16.2. The molecule has 120 valence electrons. The summed E-state index contributed by atoms with van der Waals surface area (Å²) in [6.45, 7) is 2.63. The monoisotopic (exact) mass is 350 g/mol. The number of piperazine rings is 1. The number of benzene rings is 1. The molecule has 0 unspecified atom stereocenters. The Morgan fingerprint density at radius 1 is 1.04 bits per heavy atom. The Hall–Kier alpha value is -1.98. The number of nitrogens with one attached hydrogen (secondary N) is 1. The molecule has 3 rings (SSSR count). The molecule has 1 aliphatic rings. The quantitative estimate of drug-likeness (QED) is 0.897. The van der Waals surface area contributed by atoms with E-state index in [-0.39, 0.29) is 6.03 Å². The lowest BCUT2D eigenvalue weighted by molar-refractivity contribution is 0.208. The van der Waals surface area contributed by atoms with Gasteiger partial charge in [0, 0.05) is 43.1 Å². The van der Waals surface area contributed by atoms with Gasteiger partial charge in [0.05, 0.1) is 5.02 Å². The fourth-order valence-corrected chi connectivity index (χ4v) is 2.83. The number of carbonyl (C=O) groups excluding carboxylic acids is 1. The smallest absolute Gasteiger partial charge is 0.321 e. The number of anilines is 2. The first-order chi connectivity index (χ1) is 11.1. The van der Waals surface area contributed by atoms with Crippen LogP contribution in [0.1, 0.15) is 0 Å². The maximum atomic E-state index is 12.3. The van der Waals surface area contributed by atoms with E-state index in [9.17, 15) is 4.79 Å². The molecule has 1 fully saturated rings. The number of urea groups is 1. The van der Waals surface area contributed by atoms with Crippen LogP contribution in [0.25, 0.3) is 0 Å². The average molecular weight is 351 g/mol. The van der Waals surface area contributed by atoms with Gasteiger partial charge in [0.25, 0.3) is 0 Å². The maximum Gasteiger partial charge on any atom is 0.321 e. The van der Waals surface area contributed by atoms with Crippen molar-refractivity contribution in [3.63, 3.8) is 0 Å². The van der Waals surface area contributed by atoms with Crippen molar-refractivity contribution < 1.29 is 4.79 Å². The standard InChI is InChI=1S/C16H16Cl2N4O/c17-12-3-5-13(6-4-12)20-16(23)22-10-8-21(9-11-22)15-14(18)2-1-7-19-15/h1-7H,8-11H2,(H,20,23). The summed E-state index contributed by atoms with van der Waals surface area (Å²) < 4.78 is 0. The molecule has 1 aromatic heterocycles. The minimum atomic E-state index is -0.112. The Morgan fingerprint density at radius 2 is 1.74 bits per heavy atom. The SMILES string of the molecule is O=C(Nc1ccc(Cl)cc1)N1CCN(c2ncccc2Cl)CC1. The zero-order valence-corrected chi connectivity index (χ0v) is 13.9. The number of hydrogen-bond donors (Lipinski definition) is 1. The predicted molar refractivity (Wildman–Crippen MR) is 93.5 cm³/mol. The van der Waals surface area contributed by atoms with Crippen LogP contribution in [0.4, 0.5) is 16.3 Å². The van der Waals surface area contributed by atoms with Gasteiger partial charge in [0.1, 0.15) is 5.82 Å². The number of halogens is 2. The third-order valence-corrected chi connectivity index (χ3v) is 4.25. The van der Waals surface area contributed by atoms with Crippen LogP contribution in [0.2, 0.25) is 10.0 Å². The molecular weight excluding hydrogens is 335 g/mol. The zero-order valence-electron chi connectivity index (χ0n) is 12.4. The molecule has 7 heteroatoms. The van der Waals surface area contributed by atoms with Crippen LogP contribution in [-0.2, 0) is 0 Å². The van der Waals surface area contributed by atoms with E-state index in [0.29, 0.717) is 36.2 Å². The number of aromatic nitrogens is 1. The van der Waals surface area contributed by atoms with Gasteiger partial charge in [-0.15, -0.1) is 0 Å². The van der Waals surface area contributed by atoms with E-state index >= 15 is 0 Å². The molecule has 0 aliphatic carbocycles. The summed E-state index contributed by atoms with van der Waals surface area (Å²) in [5.74, 6) is 0.770. The molecule has 23 heavy (non-hydrogen) atoms. The summed E-state index contributed by atoms with van der Waals surface area (Å²) in [6.07, 6.45) is 1.72. The predicted octanol–water partition coefficient (Wildman–Crippen LogP) is 3.74. The number of amides is 2. The highest BCUT2D eigenvalue weighted by molar-refractivity contribution is 6.33. The Bertz CT molecular complexity index is 685. The first-order valence-electron chi connectivity index (χ1n) is 7.30. The van der Waals surface area contributed by atoms with E-state index in [2.05, 4.69) is 15.2 Å². The minimum absolute atomic E-state index is 0.112. The van der Waals surface area contributed by atoms with Crippen molar-refractivity contribution in [2.24, 2.45) is 0 Å². The molecule has 0 bridgehead atoms. The fraction of sp³-hybridized carbons (Fsp3) is 0.250. The molecule has 1 aliphatic heterocycles. The van der Waals surface area contributed by atoms with Crippen molar-refractivity contribution in [3.05, 3.63) is 52.6 Å². The summed E-state index contributed by atoms with van der Waals surface area (Å²) >= 11 is 12.0.